The van der Waals surface area contributed by atoms with Crippen molar-refractivity contribution in [2.24, 2.45) is 11.3 Å². The smallest absolute Gasteiger partial charge is 0.303 e. The van der Waals surface area contributed by atoms with Crippen molar-refractivity contribution in [3.05, 3.63) is 0 Å². The van der Waals surface area contributed by atoms with E-state index < -0.39 is 12.1 Å². The molecule has 1 amide bonds. The summed E-state index contributed by atoms with van der Waals surface area (Å²) in [6.45, 7) is 8.00. The Morgan fingerprint density at radius 3 is 2.22 bits per heavy atom. The highest BCUT2D eigenvalue weighted by atomic mass is 16.4. The molecule has 0 saturated carbocycles. The molecule has 0 radical (unpaired) electrons. The summed E-state index contributed by atoms with van der Waals surface area (Å²) in [5.74, 6) is -1.30. The molecule has 0 aromatic heterocycles. The van der Waals surface area contributed by atoms with Crippen LogP contribution >= 0.6 is 0 Å². The molecule has 0 aliphatic rings. The summed E-state index contributed by atoms with van der Waals surface area (Å²) >= 11 is 0. The molecule has 0 aromatic carbocycles. The Labute approximate surface area is 109 Å². The Balaban J connectivity index is 3.86. The normalized spacial score (nSPS) is 14.9. The minimum Gasteiger partial charge on any atom is -0.481 e. The second-order valence-electron chi connectivity index (χ2n) is 6.13. The standard InChI is InChI=1S/C13H25NO4/c1-9(6-12(17)18)5-11(16)14-8-10(15)7-13(2,3)4/h9-10,15H,5-8H2,1-4H3,(H,14,16)(H,17,18). The first kappa shape index (κ1) is 16.9. The lowest BCUT2D eigenvalue weighted by molar-refractivity contribution is -0.138. The van der Waals surface area contributed by atoms with Gasteiger partial charge in [0.15, 0.2) is 0 Å². The van der Waals surface area contributed by atoms with Crippen molar-refractivity contribution >= 4 is 11.9 Å². The fourth-order valence-corrected chi connectivity index (χ4v) is 1.77. The first-order valence-electron chi connectivity index (χ1n) is 6.26. The Kier molecular flexibility index (Phi) is 6.91. The fraction of sp³-hybridized carbons (Fsp3) is 0.846. The van der Waals surface area contributed by atoms with Gasteiger partial charge in [0, 0.05) is 19.4 Å². The van der Waals surface area contributed by atoms with Gasteiger partial charge in [0.1, 0.15) is 0 Å². The lowest BCUT2D eigenvalue weighted by Crippen LogP contribution is -2.34. The molecular weight excluding hydrogens is 234 g/mol. The van der Waals surface area contributed by atoms with Gasteiger partial charge in [0.2, 0.25) is 5.91 Å². The maximum Gasteiger partial charge on any atom is 0.303 e. The fourth-order valence-electron chi connectivity index (χ4n) is 1.77. The number of amides is 1. The van der Waals surface area contributed by atoms with E-state index >= 15 is 0 Å². The average Bonchev–Trinajstić information content (AvgIpc) is 2.10. The zero-order valence-electron chi connectivity index (χ0n) is 11.7. The minimum atomic E-state index is -0.900. The molecule has 2 unspecified atom stereocenters. The molecule has 3 N–H and O–H groups in total. The van der Waals surface area contributed by atoms with Crippen LogP contribution < -0.4 is 5.32 Å². The van der Waals surface area contributed by atoms with E-state index in [0.717, 1.165) is 0 Å². The molecule has 5 nitrogen and oxygen atoms in total. The molecule has 18 heavy (non-hydrogen) atoms. The lowest BCUT2D eigenvalue weighted by atomic mass is 9.89. The van der Waals surface area contributed by atoms with Gasteiger partial charge in [-0.25, -0.2) is 0 Å². The van der Waals surface area contributed by atoms with Crippen molar-refractivity contribution in [2.75, 3.05) is 6.54 Å². The number of hydrogen-bond donors (Lipinski definition) is 3. The third-order valence-corrected chi connectivity index (χ3v) is 2.44. The van der Waals surface area contributed by atoms with Gasteiger partial charge in [-0.2, -0.15) is 0 Å². The Morgan fingerprint density at radius 1 is 1.22 bits per heavy atom. The van der Waals surface area contributed by atoms with E-state index in [1.807, 2.05) is 20.8 Å². The number of carbonyl (C=O) groups excluding carboxylic acids is 1. The Hall–Kier alpha value is -1.10. The molecule has 0 heterocycles. The maximum absolute atomic E-state index is 11.5. The van der Waals surface area contributed by atoms with Crippen molar-refractivity contribution in [1.29, 1.82) is 0 Å². The highest BCUT2D eigenvalue weighted by Gasteiger charge is 2.18. The minimum absolute atomic E-state index is 0.0146. The molecule has 2 atom stereocenters. The van der Waals surface area contributed by atoms with Crippen LogP contribution in [0.3, 0.4) is 0 Å². The van der Waals surface area contributed by atoms with Gasteiger partial charge in [0.05, 0.1) is 6.10 Å². The number of carbonyl (C=O) groups is 2. The summed E-state index contributed by atoms with van der Waals surface area (Å²) in [6.07, 6.45) is 0.202. The summed E-state index contributed by atoms with van der Waals surface area (Å²) in [7, 11) is 0. The average molecular weight is 259 g/mol. The summed E-state index contributed by atoms with van der Waals surface area (Å²) in [6, 6.07) is 0. The molecule has 0 aliphatic carbocycles. The van der Waals surface area contributed by atoms with Crippen LogP contribution in [-0.2, 0) is 9.59 Å². The Bertz CT molecular complexity index is 283. The topological polar surface area (TPSA) is 86.6 Å². The number of aliphatic hydroxyl groups is 1. The van der Waals surface area contributed by atoms with Crippen LogP contribution in [0.25, 0.3) is 0 Å². The lowest BCUT2D eigenvalue weighted by Gasteiger charge is -2.22. The molecule has 0 saturated heterocycles. The molecule has 0 fully saturated rings. The zero-order valence-corrected chi connectivity index (χ0v) is 11.7. The number of aliphatic carboxylic acids is 1. The predicted octanol–water partition coefficient (Wildman–Crippen LogP) is 1.40. The molecule has 0 bridgehead atoms. The van der Waals surface area contributed by atoms with Crippen LogP contribution in [0.2, 0.25) is 0 Å². The third kappa shape index (κ3) is 10.1. The van der Waals surface area contributed by atoms with E-state index in [9.17, 15) is 14.7 Å². The largest absolute Gasteiger partial charge is 0.481 e. The van der Waals surface area contributed by atoms with Crippen molar-refractivity contribution in [3.63, 3.8) is 0 Å². The molecule has 5 heteroatoms. The van der Waals surface area contributed by atoms with E-state index in [2.05, 4.69) is 5.32 Å². The van der Waals surface area contributed by atoms with Crippen molar-refractivity contribution in [1.82, 2.24) is 5.32 Å². The quantitative estimate of drug-likeness (QED) is 0.645. The molecule has 0 spiro atoms. The van der Waals surface area contributed by atoms with E-state index in [1.54, 1.807) is 6.92 Å². The van der Waals surface area contributed by atoms with Gasteiger partial charge < -0.3 is 15.5 Å². The SMILES string of the molecule is CC(CC(=O)O)CC(=O)NCC(O)CC(C)(C)C. The molecule has 106 valence electrons. The number of nitrogens with one attached hydrogen (secondary N) is 1. The third-order valence-electron chi connectivity index (χ3n) is 2.44. The van der Waals surface area contributed by atoms with Gasteiger partial charge in [-0.1, -0.05) is 27.7 Å². The van der Waals surface area contributed by atoms with E-state index in [4.69, 9.17) is 5.11 Å². The van der Waals surface area contributed by atoms with Gasteiger partial charge in [-0.05, 0) is 17.8 Å². The summed E-state index contributed by atoms with van der Waals surface area (Å²) in [5.41, 5.74) is 0.0146. The zero-order chi connectivity index (χ0) is 14.3. The van der Waals surface area contributed by atoms with E-state index in [-0.39, 0.29) is 36.6 Å². The highest BCUT2D eigenvalue weighted by Crippen LogP contribution is 2.20. The van der Waals surface area contributed by atoms with Crippen LogP contribution in [0, 0.1) is 11.3 Å². The van der Waals surface area contributed by atoms with Gasteiger partial charge in [0.25, 0.3) is 0 Å². The summed E-state index contributed by atoms with van der Waals surface area (Å²) in [5, 5.41) is 20.9. The molecular formula is C13H25NO4. The van der Waals surface area contributed by atoms with E-state index in [1.165, 1.54) is 0 Å². The van der Waals surface area contributed by atoms with Gasteiger partial charge in [-0.15, -0.1) is 0 Å². The number of carboxylic acids is 1. The number of hydrogen-bond acceptors (Lipinski definition) is 3. The van der Waals surface area contributed by atoms with Crippen LogP contribution in [0.1, 0.15) is 47.0 Å². The summed E-state index contributed by atoms with van der Waals surface area (Å²) < 4.78 is 0. The van der Waals surface area contributed by atoms with Crippen molar-refractivity contribution < 1.29 is 19.8 Å². The number of carboxylic acid groups (broad SMARTS) is 1. The second-order valence-corrected chi connectivity index (χ2v) is 6.13. The van der Waals surface area contributed by atoms with Crippen molar-refractivity contribution in [3.8, 4) is 0 Å². The molecule has 0 aliphatic heterocycles. The summed E-state index contributed by atoms with van der Waals surface area (Å²) in [4.78, 5) is 21.9. The molecule has 0 aromatic rings. The molecule has 0 rings (SSSR count). The van der Waals surface area contributed by atoms with Crippen LogP contribution in [-0.4, -0.2) is 34.7 Å². The Morgan fingerprint density at radius 2 is 1.78 bits per heavy atom. The van der Waals surface area contributed by atoms with Crippen LogP contribution in [0.5, 0.6) is 0 Å². The van der Waals surface area contributed by atoms with Crippen molar-refractivity contribution in [2.45, 2.75) is 53.1 Å². The second kappa shape index (κ2) is 7.36. The number of aliphatic hydroxyl groups excluding tert-OH is 1. The predicted molar refractivity (Wildman–Crippen MR) is 69.1 cm³/mol. The first-order chi connectivity index (χ1) is 8.10. The number of rotatable bonds is 7. The first-order valence-corrected chi connectivity index (χ1v) is 6.26. The monoisotopic (exact) mass is 259 g/mol. The van der Waals surface area contributed by atoms with Crippen LogP contribution in [0.15, 0.2) is 0 Å². The van der Waals surface area contributed by atoms with Crippen LogP contribution in [0.4, 0.5) is 0 Å². The highest BCUT2D eigenvalue weighted by molar-refractivity contribution is 5.77. The maximum atomic E-state index is 11.5. The van der Waals surface area contributed by atoms with Gasteiger partial charge in [-0.3, -0.25) is 9.59 Å². The van der Waals surface area contributed by atoms with E-state index in [0.29, 0.717) is 6.42 Å². The van der Waals surface area contributed by atoms with Gasteiger partial charge >= 0.3 is 5.97 Å².